The summed E-state index contributed by atoms with van der Waals surface area (Å²) in [5, 5.41) is 0. The van der Waals surface area contributed by atoms with Crippen LogP contribution in [0.1, 0.15) is 45.6 Å². The second kappa shape index (κ2) is 4.72. The highest BCUT2D eigenvalue weighted by atomic mass is 35.5. The number of rotatable bonds is 4. The first-order valence-electron chi connectivity index (χ1n) is 7.39. The molecule has 0 N–H and O–H groups in total. The van der Waals surface area contributed by atoms with E-state index in [0.29, 0.717) is 6.61 Å². The SMILES string of the molecule is CC12CCC(C(C)(C)Cl)(CC1OCc1ccccc1)O2. The molecule has 2 aliphatic heterocycles. The highest BCUT2D eigenvalue weighted by Gasteiger charge is 2.64. The van der Waals surface area contributed by atoms with Gasteiger partial charge in [0.25, 0.3) is 0 Å². The van der Waals surface area contributed by atoms with Crippen molar-refractivity contribution >= 4 is 11.6 Å². The van der Waals surface area contributed by atoms with Crippen LogP contribution in [-0.4, -0.2) is 22.2 Å². The molecule has 3 atom stereocenters. The van der Waals surface area contributed by atoms with Crippen LogP contribution in [0.3, 0.4) is 0 Å². The molecular formula is C17H23ClO2. The molecule has 20 heavy (non-hydrogen) atoms. The summed E-state index contributed by atoms with van der Waals surface area (Å²) in [6.07, 6.45) is 3.09. The average molecular weight is 295 g/mol. The van der Waals surface area contributed by atoms with Crippen molar-refractivity contribution in [1.82, 2.24) is 0 Å². The van der Waals surface area contributed by atoms with Crippen LogP contribution in [0, 0.1) is 0 Å². The number of ether oxygens (including phenoxy) is 2. The van der Waals surface area contributed by atoms with Crippen molar-refractivity contribution in [3.63, 3.8) is 0 Å². The van der Waals surface area contributed by atoms with Gasteiger partial charge in [-0.25, -0.2) is 0 Å². The molecule has 3 unspecified atom stereocenters. The average Bonchev–Trinajstić information content (AvgIpc) is 2.89. The minimum absolute atomic E-state index is 0.134. The van der Waals surface area contributed by atoms with E-state index < -0.39 is 0 Å². The molecule has 2 nitrogen and oxygen atoms in total. The van der Waals surface area contributed by atoms with Gasteiger partial charge in [0.2, 0.25) is 0 Å². The van der Waals surface area contributed by atoms with Gasteiger partial charge in [-0.2, -0.15) is 0 Å². The Labute approximate surface area is 126 Å². The van der Waals surface area contributed by atoms with E-state index in [4.69, 9.17) is 21.1 Å². The van der Waals surface area contributed by atoms with Crippen LogP contribution in [0.5, 0.6) is 0 Å². The van der Waals surface area contributed by atoms with Gasteiger partial charge in [-0.05, 0) is 39.2 Å². The quantitative estimate of drug-likeness (QED) is 0.771. The lowest BCUT2D eigenvalue weighted by atomic mass is 9.75. The van der Waals surface area contributed by atoms with Crippen molar-refractivity contribution in [2.24, 2.45) is 0 Å². The van der Waals surface area contributed by atoms with E-state index in [-0.39, 0.29) is 22.2 Å². The Morgan fingerprint density at radius 2 is 2.00 bits per heavy atom. The Bertz CT molecular complexity index is 482. The molecule has 0 radical (unpaired) electrons. The van der Waals surface area contributed by atoms with Crippen molar-refractivity contribution < 1.29 is 9.47 Å². The monoisotopic (exact) mass is 294 g/mol. The van der Waals surface area contributed by atoms with Crippen LogP contribution in [0.15, 0.2) is 30.3 Å². The van der Waals surface area contributed by atoms with Crippen molar-refractivity contribution in [1.29, 1.82) is 0 Å². The third kappa shape index (κ3) is 2.28. The molecule has 2 saturated heterocycles. The first kappa shape index (κ1) is 14.4. The minimum atomic E-state index is -0.352. The number of hydrogen-bond donors (Lipinski definition) is 0. The van der Waals surface area contributed by atoms with E-state index in [9.17, 15) is 0 Å². The van der Waals surface area contributed by atoms with Crippen molar-refractivity contribution in [2.45, 2.75) is 68.8 Å². The van der Waals surface area contributed by atoms with Gasteiger partial charge in [-0.15, -0.1) is 11.6 Å². The molecule has 1 aromatic rings. The molecule has 3 rings (SSSR count). The fourth-order valence-electron chi connectivity index (χ4n) is 3.55. The summed E-state index contributed by atoms with van der Waals surface area (Å²) < 4.78 is 12.5. The lowest BCUT2D eigenvalue weighted by Gasteiger charge is -2.37. The van der Waals surface area contributed by atoms with Crippen molar-refractivity contribution in [2.75, 3.05) is 0 Å². The smallest absolute Gasteiger partial charge is 0.0925 e. The molecule has 110 valence electrons. The van der Waals surface area contributed by atoms with Gasteiger partial charge in [0.05, 0.1) is 28.8 Å². The first-order valence-corrected chi connectivity index (χ1v) is 7.77. The molecule has 0 saturated carbocycles. The second-order valence-corrected chi connectivity index (χ2v) is 7.82. The number of alkyl halides is 1. The standard InChI is InChI=1S/C17H23ClO2/c1-15(2,18)17-10-9-16(3,20-17)14(11-17)19-12-13-7-5-4-6-8-13/h4-8,14H,9-12H2,1-3H3. The summed E-state index contributed by atoms with van der Waals surface area (Å²) >= 11 is 6.59. The highest BCUT2D eigenvalue weighted by molar-refractivity contribution is 6.24. The summed E-state index contributed by atoms with van der Waals surface area (Å²) in [7, 11) is 0. The maximum Gasteiger partial charge on any atom is 0.0925 e. The molecule has 3 heteroatoms. The Hall–Kier alpha value is -0.570. The van der Waals surface area contributed by atoms with Crippen LogP contribution in [-0.2, 0) is 16.1 Å². The molecule has 2 fully saturated rings. The van der Waals surface area contributed by atoms with Gasteiger partial charge < -0.3 is 9.47 Å². The Balaban J connectivity index is 1.70. The van der Waals surface area contributed by atoms with Crippen LogP contribution in [0.2, 0.25) is 0 Å². The van der Waals surface area contributed by atoms with Crippen LogP contribution in [0.4, 0.5) is 0 Å². The summed E-state index contributed by atoms with van der Waals surface area (Å²) in [5.41, 5.74) is 0.795. The first-order chi connectivity index (χ1) is 9.35. The van der Waals surface area contributed by atoms with E-state index in [2.05, 4.69) is 32.9 Å². The zero-order valence-corrected chi connectivity index (χ0v) is 13.2. The van der Waals surface area contributed by atoms with E-state index in [1.807, 2.05) is 18.2 Å². The van der Waals surface area contributed by atoms with Crippen LogP contribution in [0.25, 0.3) is 0 Å². The molecular weight excluding hydrogens is 272 g/mol. The Morgan fingerprint density at radius 1 is 1.30 bits per heavy atom. The van der Waals surface area contributed by atoms with E-state index in [0.717, 1.165) is 19.3 Å². The topological polar surface area (TPSA) is 18.5 Å². The summed E-state index contributed by atoms with van der Waals surface area (Å²) in [4.78, 5) is -0.352. The summed E-state index contributed by atoms with van der Waals surface area (Å²) in [6, 6.07) is 10.3. The molecule has 0 aromatic heterocycles. The zero-order chi connectivity index (χ0) is 14.4. The predicted octanol–water partition coefficient (Wildman–Crippen LogP) is 4.30. The van der Waals surface area contributed by atoms with Crippen molar-refractivity contribution in [3.05, 3.63) is 35.9 Å². The lowest BCUT2D eigenvalue weighted by molar-refractivity contribution is -0.0925. The van der Waals surface area contributed by atoms with E-state index in [1.54, 1.807) is 0 Å². The molecule has 0 aliphatic carbocycles. The van der Waals surface area contributed by atoms with Gasteiger partial charge in [-0.3, -0.25) is 0 Å². The molecule has 2 heterocycles. The maximum atomic E-state index is 6.59. The van der Waals surface area contributed by atoms with Crippen LogP contribution < -0.4 is 0 Å². The number of benzene rings is 1. The van der Waals surface area contributed by atoms with Gasteiger partial charge >= 0.3 is 0 Å². The summed E-state index contributed by atoms with van der Waals surface area (Å²) in [6.45, 7) is 6.92. The van der Waals surface area contributed by atoms with Gasteiger partial charge in [-0.1, -0.05) is 30.3 Å². The largest absolute Gasteiger partial charge is 0.370 e. The third-order valence-electron chi connectivity index (χ3n) is 5.03. The molecule has 0 spiro atoms. The summed E-state index contributed by atoms with van der Waals surface area (Å²) in [5.74, 6) is 0. The maximum absolute atomic E-state index is 6.59. The molecule has 1 aromatic carbocycles. The lowest BCUT2D eigenvalue weighted by Crippen LogP contribution is -2.45. The van der Waals surface area contributed by atoms with Crippen molar-refractivity contribution in [3.8, 4) is 0 Å². The van der Waals surface area contributed by atoms with Gasteiger partial charge in [0, 0.05) is 6.42 Å². The fraction of sp³-hybridized carbons (Fsp3) is 0.647. The van der Waals surface area contributed by atoms with Gasteiger partial charge in [0.1, 0.15) is 0 Å². The number of hydrogen-bond acceptors (Lipinski definition) is 2. The third-order valence-corrected chi connectivity index (χ3v) is 5.37. The fourth-order valence-corrected chi connectivity index (χ4v) is 3.76. The normalized spacial score (nSPS) is 36.5. The molecule has 2 aliphatic rings. The van der Waals surface area contributed by atoms with Crippen LogP contribution >= 0.6 is 11.6 Å². The van der Waals surface area contributed by atoms with E-state index >= 15 is 0 Å². The number of fused-ring (bicyclic) bond motifs is 2. The minimum Gasteiger partial charge on any atom is -0.370 e. The zero-order valence-electron chi connectivity index (χ0n) is 12.5. The Kier molecular flexibility index (Phi) is 3.39. The van der Waals surface area contributed by atoms with Gasteiger partial charge in [0.15, 0.2) is 0 Å². The predicted molar refractivity (Wildman–Crippen MR) is 81.0 cm³/mol. The number of halogens is 1. The second-order valence-electron chi connectivity index (χ2n) is 6.87. The Morgan fingerprint density at radius 3 is 2.60 bits per heavy atom. The highest BCUT2D eigenvalue weighted by Crippen LogP contribution is 2.57. The van der Waals surface area contributed by atoms with E-state index in [1.165, 1.54) is 5.56 Å². The molecule has 2 bridgehead atoms. The molecule has 0 amide bonds.